The Morgan fingerprint density at radius 3 is 2.85 bits per heavy atom. The van der Waals surface area contributed by atoms with Crippen LogP contribution in [0.2, 0.25) is 0 Å². The first kappa shape index (κ1) is 9.60. The standard InChI is InChI=1S/C8H8N2O2S/c1-12-8(11)5-2-3-6(9)7(4-5)10-13/h2-4H,9H2,1H3. The highest BCUT2D eigenvalue weighted by Gasteiger charge is 2.07. The molecule has 0 aliphatic rings. The molecule has 68 valence electrons. The summed E-state index contributed by atoms with van der Waals surface area (Å²) in [5.41, 5.74) is 6.78. The van der Waals surface area contributed by atoms with Crippen LogP contribution in [0, 0.1) is 0 Å². The van der Waals surface area contributed by atoms with E-state index in [2.05, 4.69) is 21.5 Å². The average Bonchev–Trinajstić information content (AvgIpc) is 2.17. The van der Waals surface area contributed by atoms with Gasteiger partial charge in [0.25, 0.3) is 0 Å². The minimum atomic E-state index is -0.431. The quantitative estimate of drug-likeness (QED) is 0.574. The summed E-state index contributed by atoms with van der Waals surface area (Å²) in [6.07, 6.45) is 0. The molecule has 1 rings (SSSR count). The molecule has 13 heavy (non-hydrogen) atoms. The molecule has 0 fully saturated rings. The third-order valence-corrected chi connectivity index (χ3v) is 1.75. The zero-order valence-electron chi connectivity index (χ0n) is 6.98. The summed E-state index contributed by atoms with van der Waals surface area (Å²) >= 11 is 4.48. The van der Waals surface area contributed by atoms with Crippen LogP contribution in [0.25, 0.3) is 0 Å². The van der Waals surface area contributed by atoms with E-state index in [-0.39, 0.29) is 0 Å². The number of carbonyl (C=O) groups excluding carboxylic acids is 1. The van der Waals surface area contributed by atoms with Gasteiger partial charge in [0, 0.05) is 12.4 Å². The van der Waals surface area contributed by atoms with E-state index in [0.29, 0.717) is 16.9 Å². The molecule has 5 heteroatoms. The Bertz CT molecular complexity index is 352. The molecule has 0 aliphatic carbocycles. The molecule has 0 aliphatic heterocycles. The molecular weight excluding hydrogens is 188 g/mol. The third kappa shape index (κ3) is 2.00. The summed E-state index contributed by atoms with van der Waals surface area (Å²) < 4.78 is 8.02. The number of hydrogen-bond acceptors (Lipinski definition) is 5. The highest BCUT2D eigenvalue weighted by Crippen LogP contribution is 2.22. The van der Waals surface area contributed by atoms with Crippen LogP contribution in [-0.2, 0) is 17.2 Å². The number of rotatable bonds is 2. The number of ether oxygens (including phenoxy) is 1. The normalized spacial score (nSPS) is 9.31. The summed E-state index contributed by atoms with van der Waals surface area (Å²) in [5, 5.41) is 0. The first-order chi connectivity index (χ1) is 6.19. The number of benzene rings is 1. The molecule has 2 N–H and O–H groups in total. The van der Waals surface area contributed by atoms with Gasteiger partial charge < -0.3 is 10.5 Å². The van der Waals surface area contributed by atoms with E-state index in [1.165, 1.54) is 13.2 Å². The van der Waals surface area contributed by atoms with Gasteiger partial charge in [0.15, 0.2) is 0 Å². The van der Waals surface area contributed by atoms with Crippen LogP contribution in [0.3, 0.4) is 0 Å². The summed E-state index contributed by atoms with van der Waals surface area (Å²) in [6.45, 7) is 0. The van der Waals surface area contributed by atoms with Crippen LogP contribution in [0.4, 0.5) is 11.4 Å². The third-order valence-electron chi connectivity index (χ3n) is 1.55. The van der Waals surface area contributed by atoms with E-state index in [9.17, 15) is 4.79 Å². The number of esters is 1. The molecule has 1 aromatic carbocycles. The lowest BCUT2D eigenvalue weighted by atomic mass is 10.2. The molecule has 0 atom stereocenters. The summed E-state index contributed by atoms with van der Waals surface area (Å²) in [4.78, 5) is 11.1. The number of carbonyl (C=O) groups is 1. The number of anilines is 1. The fourth-order valence-electron chi connectivity index (χ4n) is 0.868. The minimum Gasteiger partial charge on any atom is -0.465 e. The average molecular weight is 196 g/mol. The molecule has 0 aromatic heterocycles. The maximum atomic E-state index is 11.1. The van der Waals surface area contributed by atoms with Crippen LogP contribution in [0.15, 0.2) is 22.6 Å². The number of nitrogens with two attached hydrogens (primary N) is 1. The van der Waals surface area contributed by atoms with Crippen molar-refractivity contribution in [3.8, 4) is 0 Å². The molecule has 0 radical (unpaired) electrons. The van der Waals surface area contributed by atoms with Gasteiger partial charge in [0.05, 0.1) is 18.4 Å². The Kier molecular flexibility index (Phi) is 2.92. The van der Waals surface area contributed by atoms with E-state index >= 15 is 0 Å². The van der Waals surface area contributed by atoms with Crippen molar-refractivity contribution < 1.29 is 9.53 Å². The molecule has 0 heterocycles. The molecule has 4 nitrogen and oxygen atoms in total. The van der Waals surface area contributed by atoms with E-state index in [4.69, 9.17) is 5.73 Å². The maximum absolute atomic E-state index is 11.1. The van der Waals surface area contributed by atoms with Gasteiger partial charge in [-0.2, -0.15) is 4.36 Å². The van der Waals surface area contributed by atoms with Gasteiger partial charge in [0.1, 0.15) is 5.69 Å². The second kappa shape index (κ2) is 3.95. The van der Waals surface area contributed by atoms with Crippen molar-refractivity contribution in [2.75, 3.05) is 12.8 Å². The van der Waals surface area contributed by atoms with E-state index < -0.39 is 5.97 Å². The van der Waals surface area contributed by atoms with Crippen molar-refractivity contribution in [2.45, 2.75) is 0 Å². The van der Waals surface area contributed by atoms with Gasteiger partial charge >= 0.3 is 5.97 Å². The maximum Gasteiger partial charge on any atom is 0.337 e. The molecule has 0 bridgehead atoms. The van der Waals surface area contributed by atoms with E-state index in [1.54, 1.807) is 12.1 Å². The Labute approximate surface area is 80.9 Å². The zero-order chi connectivity index (χ0) is 9.84. The molecular formula is C8H8N2O2S. The summed E-state index contributed by atoms with van der Waals surface area (Å²) in [6, 6.07) is 4.62. The van der Waals surface area contributed by atoms with Gasteiger partial charge in [-0.3, -0.25) is 0 Å². The van der Waals surface area contributed by atoms with Crippen LogP contribution in [0.5, 0.6) is 0 Å². The van der Waals surface area contributed by atoms with Gasteiger partial charge in [0.2, 0.25) is 0 Å². The van der Waals surface area contributed by atoms with Crippen molar-refractivity contribution >= 4 is 29.8 Å². The number of hydrogen-bond donors (Lipinski definition) is 1. The van der Waals surface area contributed by atoms with E-state index in [0.717, 1.165) is 0 Å². The van der Waals surface area contributed by atoms with Gasteiger partial charge in [-0.25, -0.2) is 4.79 Å². The predicted molar refractivity (Wildman–Crippen MR) is 51.6 cm³/mol. The predicted octanol–water partition coefficient (Wildman–Crippen LogP) is 1.42. The van der Waals surface area contributed by atoms with Gasteiger partial charge in [-0.1, -0.05) is 0 Å². The lowest BCUT2D eigenvalue weighted by molar-refractivity contribution is 0.0601. The zero-order valence-corrected chi connectivity index (χ0v) is 7.80. The molecule has 1 aromatic rings. The first-order valence-corrected chi connectivity index (χ1v) is 3.86. The smallest absolute Gasteiger partial charge is 0.337 e. The Morgan fingerprint density at radius 1 is 1.62 bits per heavy atom. The van der Waals surface area contributed by atoms with Crippen LogP contribution >= 0.6 is 0 Å². The first-order valence-electron chi connectivity index (χ1n) is 3.50. The second-order valence-electron chi connectivity index (χ2n) is 2.36. The summed E-state index contributed by atoms with van der Waals surface area (Å²) in [5.74, 6) is -0.431. The molecule has 0 spiro atoms. The number of methoxy groups -OCH3 is 1. The molecule has 0 saturated heterocycles. The van der Waals surface area contributed by atoms with Gasteiger partial charge in [-0.15, -0.1) is 0 Å². The largest absolute Gasteiger partial charge is 0.465 e. The fourth-order valence-corrected chi connectivity index (χ4v) is 1.03. The molecule has 0 unspecified atom stereocenters. The van der Waals surface area contributed by atoms with Crippen LogP contribution in [0.1, 0.15) is 10.4 Å². The van der Waals surface area contributed by atoms with Crippen LogP contribution in [-0.4, -0.2) is 13.1 Å². The number of nitrogen functional groups attached to an aromatic ring is 1. The number of nitrogens with zero attached hydrogens (tertiary/aromatic N) is 1. The monoisotopic (exact) mass is 196 g/mol. The Balaban J connectivity index is 3.13. The van der Waals surface area contributed by atoms with Crippen molar-refractivity contribution in [2.24, 2.45) is 4.36 Å². The fraction of sp³-hybridized carbons (Fsp3) is 0.125. The topological polar surface area (TPSA) is 64.7 Å². The highest BCUT2D eigenvalue weighted by atomic mass is 32.1. The minimum absolute atomic E-state index is 0.389. The second-order valence-corrected chi connectivity index (χ2v) is 2.54. The van der Waals surface area contributed by atoms with Crippen LogP contribution < -0.4 is 5.73 Å². The lowest BCUT2D eigenvalue weighted by Gasteiger charge is -2.01. The van der Waals surface area contributed by atoms with Gasteiger partial charge in [-0.05, 0) is 18.2 Å². The van der Waals surface area contributed by atoms with Crippen molar-refractivity contribution in [3.05, 3.63) is 23.8 Å². The van der Waals surface area contributed by atoms with Crippen molar-refractivity contribution in [3.63, 3.8) is 0 Å². The van der Waals surface area contributed by atoms with E-state index in [1.807, 2.05) is 0 Å². The lowest BCUT2D eigenvalue weighted by Crippen LogP contribution is -2.01. The molecule has 0 saturated carbocycles. The summed E-state index contributed by atoms with van der Waals surface area (Å²) in [7, 11) is 1.31. The SMILES string of the molecule is COC(=O)c1ccc(N)c(N=S)c1. The van der Waals surface area contributed by atoms with Crippen molar-refractivity contribution in [1.29, 1.82) is 0 Å². The van der Waals surface area contributed by atoms with Crippen molar-refractivity contribution in [1.82, 2.24) is 0 Å². The molecule has 0 amide bonds. The highest BCUT2D eigenvalue weighted by molar-refractivity contribution is 7.47. The Morgan fingerprint density at radius 2 is 2.31 bits per heavy atom. The Hall–Kier alpha value is -1.49.